The van der Waals surface area contributed by atoms with Gasteiger partial charge >= 0.3 is 6.03 Å². The average molecular weight is 265 g/mol. The van der Waals surface area contributed by atoms with Crippen LogP contribution in [-0.4, -0.2) is 32.1 Å². The lowest BCUT2D eigenvalue weighted by Gasteiger charge is -2.09. The van der Waals surface area contributed by atoms with E-state index in [1.807, 2.05) is 0 Å². The molecule has 2 amide bonds. The maximum atomic E-state index is 11.3. The van der Waals surface area contributed by atoms with Crippen LogP contribution in [0.1, 0.15) is 11.6 Å². The molecule has 1 heterocycles. The van der Waals surface area contributed by atoms with Crippen molar-refractivity contribution in [2.45, 2.75) is 10.9 Å². The molecule has 1 aromatic rings. The van der Waals surface area contributed by atoms with Gasteiger partial charge in [-0.15, -0.1) is 0 Å². The molecule has 1 atom stereocenters. The van der Waals surface area contributed by atoms with Gasteiger partial charge in [-0.2, -0.15) is 5.26 Å². The molecule has 0 radical (unpaired) electrons. The first-order valence-corrected chi connectivity index (χ1v) is 7.09. The van der Waals surface area contributed by atoms with Crippen LogP contribution < -0.4 is 5.32 Å². The Labute approximate surface area is 105 Å². The molecule has 1 fully saturated rings. The minimum absolute atomic E-state index is 0.229. The Morgan fingerprint density at radius 3 is 2.44 bits per heavy atom. The van der Waals surface area contributed by atoms with Crippen molar-refractivity contribution in [3.8, 4) is 6.19 Å². The molecule has 0 bridgehead atoms. The van der Waals surface area contributed by atoms with Crippen molar-refractivity contribution in [2.75, 3.05) is 12.8 Å². The Bertz CT molecular complexity index is 616. The molecule has 1 aromatic carbocycles. The van der Waals surface area contributed by atoms with E-state index in [0.717, 1.165) is 16.7 Å². The van der Waals surface area contributed by atoms with Gasteiger partial charge in [0.05, 0.1) is 17.5 Å². The van der Waals surface area contributed by atoms with Crippen molar-refractivity contribution in [3.05, 3.63) is 29.8 Å². The second-order valence-corrected chi connectivity index (χ2v) is 6.07. The molecule has 0 aliphatic carbocycles. The molecule has 1 aliphatic heterocycles. The molecule has 1 aliphatic rings. The summed E-state index contributed by atoms with van der Waals surface area (Å²) in [5.41, 5.74) is 0.772. The van der Waals surface area contributed by atoms with Crippen LogP contribution in [-0.2, 0) is 9.84 Å². The summed E-state index contributed by atoms with van der Waals surface area (Å²) < 4.78 is 22.6. The molecule has 6 nitrogen and oxygen atoms in total. The fourth-order valence-corrected chi connectivity index (χ4v) is 2.39. The first kappa shape index (κ1) is 12.4. The molecule has 0 spiro atoms. The summed E-state index contributed by atoms with van der Waals surface area (Å²) in [5.74, 6) is 0. The molecule has 7 heteroatoms. The van der Waals surface area contributed by atoms with Crippen molar-refractivity contribution >= 4 is 15.9 Å². The van der Waals surface area contributed by atoms with Crippen LogP contribution >= 0.6 is 0 Å². The molecular formula is C11H11N3O3S. The Kier molecular flexibility index (Phi) is 2.97. The van der Waals surface area contributed by atoms with Crippen LogP contribution in [0.4, 0.5) is 4.79 Å². The first-order valence-electron chi connectivity index (χ1n) is 5.19. The zero-order chi connectivity index (χ0) is 13.3. The van der Waals surface area contributed by atoms with E-state index in [1.165, 1.54) is 12.1 Å². The number of hydrogen-bond donors (Lipinski definition) is 1. The number of urea groups is 1. The van der Waals surface area contributed by atoms with Gasteiger partial charge in [0, 0.05) is 6.26 Å². The quantitative estimate of drug-likeness (QED) is 0.794. The van der Waals surface area contributed by atoms with Crippen molar-refractivity contribution in [3.63, 3.8) is 0 Å². The minimum Gasteiger partial charge on any atom is -0.328 e. The van der Waals surface area contributed by atoms with Gasteiger partial charge in [0.15, 0.2) is 16.0 Å². The molecule has 1 N–H and O–H groups in total. The van der Waals surface area contributed by atoms with Crippen LogP contribution in [0.15, 0.2) is 29.2 Å². The number of carbonyl (C=O) groups excluding carboxylic acids is 1. The smallest absolute Gasteiger partial charge is 0.328 e. The third-order valence-corrected chi connectivity index (χ3v) is 3.87. The number of carbonyl (C=O) groups is 1. The van der Waals surface area contributed by atoms with Crippen LogP contribution in [0.5, 0.6) is 0 Å². The fraction of sp³-hybridized carbons (Fsp3) is 0.273. The van der Waals surface area contributed by atoms with Crippen molar-refractivity contribution in [2.24, 2.45) is 0 Å². The highest BCUT2D eigenvalue weighted by Crippen LogP contribution is 2.21. The number of rotatable bonds is 2. The second-order valence-electron chi connectivity index (χ2n) is 4.05. The highest BCUT2D eigenvalue weighted by Gasteiger charge is 2.29. The second kappa shape index (κ2) is 4.31. The Balaban J connectivity index is 2.22. The van der Waals surface area contributed by atoms with Gasteiger partial charge in [0.25, 0.3) is 0 Å². The van der Waals surface area contributed by atoms with Gasteiger partial charge in [-0.25, -0.2) is 18.1 Å². The van der Waals surface area contributed by atoms with E-state index in [4.69, 9.17) is 5.26 Å². The van der Waals surface area contributed by atoms with Gasteiger partial charge in [0.1, 0.15) is 0 Å². The number of sulfone groups is 1. The van der Waals surface area contributed by atoms with Crippen molar-refractivity contribution < 1.29 is 13.2 Å². The standard InChI is InChI=1S/C11H11N3O3S/c1-18(16,17)9-4-2-8(3-5-9)10-6-14(7-12)11(15)13-10/h2-5,10H,6H2,1H3,(H,13,15). The molecule has 18 heavy (non-hydrogen) atoms. The maximum absolute atomic E-state index is 11.3. The molecular weight excluding hydrogens is 254 g/mol. The number of nitrogens with one attached hydrogen (secondary N) is 1. The van der Waals surface area contributed by atoms with E-state index in [1.54, 1.807) is 18.3 Å². The summed E-state index contributed by atoms with van der Waals surface area (Å²) in [6, 6.07) is 5.54. The van der Waals surface area contributed by atoms with Crippen molar-refractivity contribution in [1.82, 2.24) is 10.2 Å². The van der Waals surface area contributed by atoms with E-state index >= 15 is 0 Å². The van der Waals surface area contributed by atoms with E-state index in [0.29, 0.717) is 0 Å². The van der Waals surface area contributed by atoms with E-state index in [9.17, 15) is 13.2 Å². The predicted molar refractivity (Wildman–Crippen MR) is 63.1 cm³/mol. The number of benzene rings is 1. The summed E-state index contributed by atoms with van der Waals surface area (Å²) in [5, 5.41) is 11.3. The zero-order valence-electron chi connectivity index (χ0n) is 9.62. The summed E-state index contributed by atoms with van der Waals surface area (Å²) in [6.07, 6.45) is 2.91. The van der Waals surface area contributed by atoms with Crippen molar-refractivity contribution in [1.29, 1.82) is 5.26 Å². The number of nitriles is 1. The fourth-order valence-electron chi connectivity index (χ4n) is 1.76. The van der Waals surface area contributed by atoms with E-state index in [2.05, 4.69) is 5.32 Å². The summed E-state index contributed by atoms with van der Waals surface area (Å²) in [6.45, 7) is 0.257. The van der Waals surface area contributed by atoms with Crippen LogP contribution in [0.3, 0.4) is 0 Å². The van der Waals surface area contributed by atoms with Gasteiger partial charge in [-0.05, 0) is 17.7 Å². The topological polar surface area (TPSA) is 90.3 Å². The first-order chi connectivity index (χ1) is 8.41. The third kappa shape index (κ3) is 2.28. The summed E-state index contributed by atoms with van der Waals surface area (Å²) in [7, 11) is -3.22. The third-order valence-electron chi connectivity index (χ3n) is 2.74. The lowest BCUT2D eigenvalue weighted by Crippen LogP contribution is -2.23. The monoisotopic (exact) mass is 265 g/mol. The van der Waals surface area contributed by atoms with Gasteiger partial charge in [-0.3, -0.25) is 0 Å². The average Bonchev–Trinajstić information content (AvgIpc) is 2.69. The predicted octanol–water partition coefficient (Wildman–Crippen LogP) is 0.637. The highest BCUT2D eigenvalue weighted by atomic mass is 32.2. The number of amides is 2. The van der Waals surface area contributed by atoms with Crippen LogP contribution in [0.25, 0.3) is 0 Å². The molecule has 94 valence electrons. The van der Waals surface area contributed by atoms with Gasteiger partial charge in [0.2, 0.25) is 0 Å². The maximum Gasteiger partial charge on any atom is 0.331 e. The van der Waals surface area contributed by atoms with Crippen LogP contribution in [0.2, 0.25) is 0 Å². The Morgan fingerprint density at radius 2 is 2.00 bits per heavy atom. The Morgan fingerprint density at radius 1 is 1.39 bits per heavy atom. The SMILES string of the molecule is CS(=O)(=O)c1ccc(C2CN(C#N)C(=O)N2)cc1. The summed E-state index contributed by atoms with van der Waals surface area (Å²) in [4.78, 5) is 12.6. The highest BCUT2D eigenvalue weighted by molar-refractivity contribution is 7.90. The zero-order valence-corrected chi connectivity index (χ0v) is 10.4. The lowest BCUT2D eigenvalue weighted by atomic mass is 10.1. The number of hydrogen-bond acceptors (Lipinski definition) is 4. The number of nitrogens with zero attached hydrogens (tertiary/aromatic N) is 2. The minimum atomic E-state index is -3.22. The largest absolute Gasteiger partial charge is 0.331 e. The van der Waals surface area contributed by atoms with E-state index < -0.39 is 15.9 Å². The summed E-state index contributed by atoms with van der Waals surface area (Å²) >= 11 is 0. The molecule has 2 rings (SSSR count). The van der Waals surface area contributed by atoms with Crippen LogP contribution in [0, 0.1) is 11.5 Å². The molecule has 0 aromatic heterocycles. The van der Waals surface area contributed by atoms with E-state index in [-0.39, 0.29) is 17.5 Å². The Hall–Kier alpha value is -2.07. The molecule has 0 saturated carbocycles. The normalized spacial score (nSPS) is 19.4. The van der Waals surface area contributed by atoms with Gasteiger partial charge < -0.3 is 5.32 Å². The molecule has 1 saturated heterocycles. The molecule has 1 unspecified atom stereocenters. The van der Waals surface area contributed by atoms with Gasteiger partial charge in [-0.1, -0.05) is 12.1 Å². The lowest BCUT2D eigenvalue weighted by molar-refractivity contribution is 0.232.